The van der Waals surface area contributed by atoms with E-state index in [1.165, 1.54) is 12.1 Å². The number of Topliss-reactive ketones (excluding diaryl/α,β-unsaturated/α-hetero) is 1. The van der Waals surface area contributed by atoms with Crippen molar-refractivity contribution >= 4 is 45.3 Å². The minimum absolute atomic E-state index is 0.153. The number of nitrogens with zero attached hydrogens (tertiary/aromatic N) is 2. The first-order valence-electron chi connectivity index (χ1n) is 11.6. The van der Waals surface area contributed by atoms with Gasteiger partial charge < -0.3 is 4.90 Å². The molecule has 4 atom stereocenters. The molecular formula is C28H18BrF3N2O3. The van der Waals surface area contributed by atoms with Gasteiger partial charge >= 0.3 is 6.18 Å². The number of halogens is 4. The molecule has 0 aliphatic carbocycles. The zero-order valence-corrected chi connectivity index (χ0v) is 20.6. The maximum Gasteiger partial charge on any atom is 0.416 e. The standard InChI is InChI=1S/C28H18BrF3N2O3/c29-18-10-8-16(9-11-18)25(35)24-22-21(23-20-7-2-1-4-15(20)12-13-33(23)24)26(36)34(27(22)37)19-6-3-5-17(14-19)28(30,31)32/h1-14,21-24H/t21-,22-,23-,24+/m1/s1. The van der Waals surface area contributed by atoms with Gasteiger partial charge in [-0.05, 0) is 47.5 Å². The van der Waals surface area contributed by atoms with Gasteiger partial charge in [0.2, 0.25) is 11.8 Å². The van der Waals surface area contributed by atoms with Crippen LogP contribution >= 0.6 is 15.9 Å². The largest absolute Gasteiger partial charge is 0.416 e. The van der Waals surface area contributed by atoms with Crippen molar-refractivity contribution in [1.82, 2.24) is 4.90 Å². The number of imide groups is 1. The summed E-state index contributed by atoms with van der Waals surface area (Å²) in [6, 6.07) is 16.7. The third-order valence-electron chi connectivity index (χ3n) is 7.29. The van der Waals surface area contributed by atoms with Crippen LogP contribution in [0, 0.1) is 11.8 Å². The number of rotatable bonds is 3. The van der Waals surface area contributed by atoms with Gasteiger partial charge in [-0.2, -0.15) is 13.2 Å². The summed E-state index contributed by atoms with van der Waals surface area (Å²) in [5, 5.41) is 0. The van der Waals surface area contributed by atoms with Crippen LogP contribution in [0.5, 0.6) is 0 Å². The molecule has 2 amide bonds. The van der Waals surface area contributed by atoms with Crippen molar-refractivity contribution in [2.75, 3.05) is 4.90 Å². The van der Waals surface area contributed by atoms with Gasteiger partial charge in [0.25, 0.3) is 0 Å². The minimum atomic E-state index is -4.64. The molecule has 2 fully saturated rings. The Morgan fingerprint density at radius 3 is 2.30 bits per heavy atom. The fourth-order valence-electron chi connectivity index (χ4n) is 5.72. The summed E-state index contributed by atoms with van der Waals surface area (Å²) < 4.78 is 41.0. The average molecular weight is 567 g/mol. The average Bonchev–Trinajstić information content (AvgIpc) is 3.36. The molecule has 2 saturated heterocycles. The van der Waals surface area contributed by atoms with Gasteiger partial charge in [0, 0.05) is 16.2 Å². The maximum atomic E-state index is 13.8. The maximum absolute atomic E-state index is 13.8. The zero-order chi connectivity index (χ0) is 26.1. The molecule has 0 aromatic heterocycles. The van der Waals surface area contributed by atoms with Crippen LogP contribution in [0.4, 0.5) is 18.9 Å². The smallest absolute Gasteiger partial charge is 0.358 e. The fraction of sp³-hybridized carbons (Fsp3) is 0.179. The Hall–Kier alpha value is -3.72. The molecule has 3 aliphatic heterocycles. The summed E-state index contributed by atoms with van der Waals surface area (Å²) in [6.07, 6.45) is -1.06. The van der Waals surface area contributed by atoms with E-state index in [-0.39, 0.29) is 11.5 Å². The Bertz CT molecular complexity index is 1480. The SMILES string of the molecule is O=C(c1ccc(Br)cc1)[C@@H]1[C@@H]2C(=O)N(c3cccc(C(F)(F)F)c3)C(=O)[C@H]2[C@H]2c3ccccc3C=CN12. The third-order valence-corrected chi connectivity index (χ3v) is 7.82. The van der Waals surface area contributed by atoms with Gasteiger partial charge in [-0.25, -0.2) is 4.90 Å². The Labute approximate surface area is 218 Å². The van der Waals surface area contributed by atoms with Gasteiger partial charge in [0.05, 0.1) is 29.1 Å². The molecule has 0 radical (unpaired) electrons. The van der Waals surface area contributed by atoms with E-state index in [1.807, 2.05) is 30.3 Å². The number of alkyl halides is 3. The number of hydrogen-bond donors (Lipinski definition) is 0. The lowest BCUT2D eigenvalue weighted by atomic mass is 9.83. The van der Waals surface area contributed by atoms with Crippen LogP contribution in [-0.4, -0.2) is 28.5 Å². The highest BCUT2D eigenvalue weighted by Crippen LogP contribution is 2.53. The number of carbonyl (C=O) groups excluding carboxylic acids is 3. The van der Waals surface area contributed by atoms with Crippen molar-refractivity contribution in [3.05, 3.63) is 106 Å². The molecule has 5 nitrogen and oxygen atoms in total. The predicted octanol–water partition coefficient (Wildman–Crippen LogP) is 5.87. The summed E-state index contributed by atoms with van der Waals surface area (Å²) in [7, 11) is 0. The third kappa shape index (κ3) is 3.63. The molecule has 3 heterocycles. The predicted molar refractivity (Wildman–Crippen MR) is 133 cm³/mol. The van der Waals surface area contributed by atoms with Gasteiger partial charge in [-0.3, -0.25) is 14.4 Å². The minimum Gasteiger partial charge on any atom is -0.358 e. The molecule has 0 saturated carbocycles. The van der Waals surface area contributed by atoms with Gasteiger partial charge in [0.15, 0.2) is 5.78 Å². The first-order valence-corrected chi connectivity index (χ1v) is 12.4. The van der Waals surface area contributed by atoms with Crippen molar-refractivity contribution in [3.63, 3.8) is 0 Å². The second kappa shape index (κ2) is 8.41. The molecule has 0 unspecified atom stereocenters. The summed E-state index contributed by atoms with van der Waals surface area (Å²) >= 11 is 3.35. The summed E-state index contributed by atoms with van der Waals surface area (Å²) in [4.78, 5) is 44.1. The van der Waals surface area contributed by atoms with E-state index in [4.69, 9.17) is 0 Å². The summed E-state index contributed by atoms with van der Waals surface area (Å²) in [5.74, 6) is -3.61. The van der Waals surface area contributed by atoms with Crippen LogP contribution in [-0.2, 0) is 15.8 Å². The number of carbonyl (C=O) groups is 3. The number of benzene rings is 3. The van der Waals surface area contributed by atoms with Crippen LogP contribution < -0.4 is 4.90 Å². The monoisotopic (exact) mass is 566 g/mol. The van der Waals surface area contributed by atoms with E-state index >= 15 is 0 Å². The van der Waals surface area contributed by atoms with Crippen LogP contribution in [0.2, 0.25) is 0 Å². The highest BCUT2D eigenvalue weighted by atomic mass is 79.9. The van der Waals surface area contributed by atoms with Crippen molar-refractivity contribution in [2.45, 2.75) is 18.3 Å². The van der Waals surface area contributed by atoms with E-state index < -0.39 is 47.5 Å². The Balaban J connectivity index is 1.48. The number of ketones is 1. The van der Waals surface area contributed by atoms with E-state index in [9.17, 15) is 27.6 Å². The van der Waals surface area contributed by atoms with Crippen molar-refractivity contribution in [2.24, 2.45) is 11.8 Å². The molecule has 9 heteroatoms. The lowest BCUT2D eigenvalue weighted by molar-refractivity contribution is -0.137. The second-order valence-electron chi connectivity index (χ2n) is 9.26. The molecule has 0 N–H and O–H groups in total. The second-order valence-corrected chi connectivity index (χ2v) is 10.2. The van der Waals surface area contributed by atoms with Gasteiger partial charge in [-0.15, -0.1) is 0 Å². The molecule has 3 aromatic rings. The Morgan fingerprint density at radius 1 is 0.865 bits per heavy atom. The topological polar surface area (TPSA) is 57.7 Å². The van der Waals surface area contributed by atoms with E-state index in [0.717, 1.165) is 32.6 Å². The van der Waals surface area contributed by atoms with Gasteiger partial charge in [0.1, 0.15) is 6.04 Å². The molecule has 186 valence electrons. The van der Waals surface area contributed by atoms with Gasteiger partial charge in [-0.1, -0.05) is 58.4 Å². The first-order chi connectivity index (χ1) is 17.7. The highest BCUT2D eigenvalue weighted by molar-refractivity contribution is 9.10. The first kappa shape index (κ1) is 23.7. The van der Waals surface area contributed by atoms with Crippen molar-refractivity contribution in [3.8, 4) is 0 Å². The number of anilines is 1. The van der Waals surface area contributed by atoms with Crippen LogP contribution in [0.1, 0.15) is 33.1 Å². The lowest BCUT2D eigenvalue weighted by Crippen LogP contribution is -2.44. The molecule has 37 heavy (non-hydrogen) atoms. The van der Waals surface area contributed by atoms with Crippen LogP contribution in [0.3, 0.4) is 0 Å². The normalized spacial score (nSPS) is 24.2. The number of hydrogen-bond acceptors (Lipinski definition) is 4. The quantitative estimate of drug-likeness (QED) is 0.294. The van der Waals surface area contributed by atoms with E-state index in [2.05, 4.69) is 15.9 Å². The van der Waals surface area contributed by atoms with Crippen LogP contribution in [0.25, 0.3) is 6.08 Å². The lowest BCUT2D eigenvalue weighted by Gasteiger charge is -2.35. The Morgan fingerprint density at radius 2 is 1.57 bits per heavy atom. The molecular weight excluding hydrogens is 549 g/mol. The molecule has 0 bridgehead atoms. The zero-order valence-electron chi connectivity index (χ0n) is 19.0. The van der Waals surface area contributed by atoms with Crippen LogP contribution in [0.15, 0.2) is 83.5 Å². The molecule has 0 spiro atoms. The van der Waals surface area contributed by atoms with E-state index in [0.29, 0.717) is 5.56 Å². The Kier molecular flexibility index (Phi) is 5.38. The molecule has 6 rings (SSSR count). The van der Waals surface area contributed by atoms with Crippen molar-refractivity contribution < 1.29 is 27.6 Å². The van der Waals surface area contributed by atoms with E-state index in [1.54, 1.807) is 35.4 Å². The summed E-state index contributed by atoms with van der Waals surface area (Å²) in [6.45, 7) is 0. The fourth-order valence-corrected chi connectivity index (χ4v) is 5.98. The number of amides is 2. The number of fused-ring (bicyclic) bond motifs is 5. The highest BCUT2D eigenvalue weighted by Gasteiger charge is 2.64. The van der Waals surface area contributed by atoms with Crippen molar-refractivity contribution in [1.29, 1.82) is 0 Å². The molecule has 3 aliphatic rings. The summed E-state index contributed by atoms with van der Waals surface area (Å²) in [5.41, 5.74) is 0.908. The molecule has 3 aromatic carbocycles.